The Morgan fingerprint density at radius 2 is 1.78 bits per heavy atom. The van der Waals surface area contributed by atoms with Crippen LogP contribution in [0, 0.1) is 7.14 Å². The molecule has 3 aromatic carbocycles. The molecule has 0 spiro atoms. The van der Waals surface area contributed by atoms with Gasteiger partial charge in [-0.05, 0) is 100 Å². The van der Waals surface area contributed by atoms with Crippen LogP contribution in [-0.2, 0) is 6.18 Å². The van der Waals surface area contributed by atoms with Crippen molar-refractivity contribution in [3.63, 3.8) is 0 Å². The van der Waals surface area contributed by atoms with Crippen molar-refractivity contribution in [2.24, 2.45) is 5.10 Å². The van der Waals surface area contributed by atoms with E-state index in [0.717, 1.165) is 36.1 Å². The Kier molecular flexibility index (Phi) is 8.03. The van der Waals surface area contributed by atoms with Crippen molar-refractivity contribution < 1.29 is 17.9 Å². The smallest absolute Gasteiger partial charge is 0.416 e. The largest absolute Gasteiger partial charge is 0.489 e. The third kappa shape index (κ3) is 5.74. The van der Waals surface area contributed by atoms with Gasteiger partial charge < -0.3 is 4.74 Å². The molecule has 0 unspecified atom stereocenters. The maximum atomic E-state index is 13.4. The topological polar surface area (TPSA) is 56.5 Å². The van der Waals surface area contributed by atoms with Crippen LogP contribution in [0.4, 0.5) is 13.2 Å². The number of para-hydroxylation sites is 1. The zero-order valence-corrected chi connectivity index (χ0v) is 23.5. The average Bonchev–Trinajstić information content (AvgIpc) is 2.85. The molecule has 0 saturated carbocycles. The normalized spacial score (nSPS) is 12.9. The molecule has 1 heterocycles. The van der Waals surface area contributed by atoms with Crippen LogP contribution in [0.3, 0.4) is 0 Å². The molecule has 5 nitrogen and oxygen atoms in total. The minimum absolute atomic E-state index is 0.0159. The summed E-state index contributed by atoms with van der Waals surface area (Å²) in [7, 11) is 0. The fraction of sp³-hybridized carbons (Fsp3) is 0.192. The minimum Gasteiger partial charge on any atom is -0.489 e. The molecule has 4 rings (SSSR count). The van der Waals surface area contributed by atoms with Gasteiger partial charge in [0.15, 0.2) is 5.82 Å². The first-order chi connectivity index (χ1) is 17.1. The predicted octanol–water partition coefficient (Wildman–Crippen LogP) is 7.35. The number of hydrogen-bond acceptors (Lipinski definition) is 4. The summed E-state index contributed by atoms with van der Waals surface area (Å²) < 4.78 is 48.9. The van der Waals surface area contributed by atoms with E-state index >= 15 is 0 Å². The van der Waals surface area contributed by atoms with Gasteiger partial charge in [0.2, 0.25) is 0 Å². The molecule has 0 N–H and O–H groups in total. The summed E-state index contributed by atoms with van der Waals surface area (Å²) in [6.07, 6.45) is -2.12. The standard InChI is InChI=1S/C26H20F3I2N3O2/c1-3-15(2)36-23-20(30)11-16(12-21(23)31)14-32-34-24(17-7-6-8-18(13-17)26(27,28)29)33-22-10-5-4-9-19(22)25(34)35/h4-15H,3H2,1-2H3/t15-/m0/s1. The van der Waals surface area contributed by atoms with Crippen LogP contribution in [-0.4, -0.2) is 22.0 Å². The third-order valence-corrected chi connectivity index (χ3v) is 7.04. The number of alkyl halides is 3. The third-order valence-electron chi connectivity index (χ3n) is 5.44. The first kappa shape index (κ1) is 26.6. The molecule has 0 saturated heterocycles. The summed E-state index contributed by atoms with van der Waals surface area (Å²) in [5, 5.41) is 4.68. The summed E-state index contributed by atoms with van der Waals surface area (Å²) in [5.41, 5.74) is -0.108. The van der Waals surface area contributed by atoms with Gasteiger partial charge in [-0.25, -0.2) is 4.98 Å². The van der Waals surface area contributed by atoms with Crippen LogP contribution in [0.15, 0.2) is 70.6 Å². The Hall–Kier alpha value is -2.48. The Labute approximate surface area is 232 Å². The zero-order valence-electron chi connectivity index (χ0n) is 19.2. The van der Waals surface area contributed by atoms with Gasteiger partial charge in [-0.2, -0.15) is 22.9 Å². The van der Waals surface area contributed by atoms with Gasteiger partial charge in [0.25, 0.3) is 5.56 Å². The molecule has 36 heavy (non-hydrogen) atoms. The lowest BCUT2D eigenvalue weighted by molar-refractivity contribution is -0.137. The van der Waals surface area contributed by atoms with Crippen LogP contribution in [0.5, 0.6) is 5.75 Å². The fourth-order valence-electron chi connectivity index (χ4n) is 3.43. The van der Waals surface area contributed by atoms with Gasteiger partial charge in [-0.15, -0.1) is 0 Å². The predicted molar refractivity (Wildman–Crippen MR) is 152 cm³/mol. The van der Waals surface area contributed by atoms with Crippen molar-refractivity contribution in [3.05, 3.63) is 89.3 Å². The lowest BCUT2D eigenvalue weighted by Gasteiger charge is -2.16. The average molecular weight is 717 g/mol. The molecule has 10 heteroatoms. The first-order valence-electron chi connectivity index (χ1n) is 11.0. The number of halogens is 5. The van der Waals surface area contributed by atoms with Gasteiger partial charge in [0.1, 0.15) is 5.75 Å². The van der Waals surface area contributed by atoms with Crippen molar-refractivity contribution in [2.75, 3.05) is 0 Å². The molecule has 0 amide bonds. The van der Waals surface area contributed by atoms with Crippen LogP contribution in [0.1, 0.15) is 31.4 Å². The Bertz CT molecular complexity index is 1490. The van der Waals surface area contributed by atoms with Gasteiger partial charge >= 0.3 is 6.18 Å². The second-order valence-electron chi connectivity index (χ2n) is 8.04. The molecule has 0 aliphatic rings. The van der Waals surface area contributed by atoms with E-state index in [4.69, 9.17) is 4.74 Å². The van der Waals surface area contributed by atoms with Crippen LogP contribution in [0.25, 0.3) is 22.3 Å². The van der Waals surface area contributed by atoms with Crippen molar-refractivity contribution in [3.8, 4) is 17.1 Å². The van der Waals surface area contributed by atoms with E-state index in [1.165, 1.54) is 18.3 Å². The van der Waals surface area contributed by atoms with E-state index in [1.54, 1.807) is 24.3 Å². The van der Waals surface area contributed by atoms with E-state index in [-0.39, 0.29) is 17.5 Å². The van der Waals surface area contributed by atoms with Crippen LogP contribution >= 0.6 is 45.2 Å². The summed E-state index contributed by atoms with van der Waals surface area (Å²) in [6, 6.07) is 15.1. The maximum absolute atomic E-state index is 13.4. The Morgan fingerprint density at radius 3 is 2.44 bits per heavy atom. The molecular weight excluding hydrogens is 697 g/mol. The number of ether oxygens (including phenoxy) is 1. The van der Waals surface area contributed by atoms with Gasteiger partial charge in [-0.3, -0.25) is 4.79 Å². The van der Waals surface area contributed by atoms with Crippen molar-refractivity contribution in [1.82, 2.24) is 9.66 Å². The lowest BCUT2D eigenvalue weighted by atomic mass is 10.1. The number of rotatable bonds is 6. The lowest BCUT2D eigenvalue weighted by Crippen LogP contribution is -2.20. The summed E-state index contributed by atoms with van der Waals surface area (Å²) >= 11 is 4.36. The molecule has 1 atom stereocenters. The number of benzene rings is 3. The van der Waals surface area contributed by atoms with Crippen LogP contribution in [0.2, 0.25) is 0 Å². The van der Waals surface area contributed by atoms with E-state index in [2.05, 4.69) is 55.3 Å². The molecule has 0 radical (unpaired) electrons. The molecule has 0 bridgehead atoms. The van der Waals surface area contributed by atoms with Crippen molar-refractivity contribution in [1.29, 1.82) is 0 Å². The second kappa shape index (κ2) is 10.9. The fourth-order valence-corrected chi connectivity index (χ4v) is 5.50. The highest BCUT2D eigenvalue weighted by Gasteiger charge is 2.31. The van der Waals surface area contributed by atoms with E-state index in [9.17, 15) is 18.0 Å². The van der Waals surface area contributed by atoms with E-state index < -0.39 is 17.3 Å². The molecule has 0 aliphatic heterocycles. The number of hydrogen-bond donors (Lipinski definition) is 0. The second-order valence-corrected chi connectivity index (χ2v) is 10.4. The molecule has 0 fully saturated rings. The number of aromatic nitrogens is 2. The summed E-state index contributed by atoms with van der Waals surface area (Å²) in [5.74, 6) is 0.791. The van der Waals surface area contributed by atoms with Crippen molar-refractivity contribution >= 4 is 62.3 Å². The van der Waals surface area contributed by atoms with Gasteiger partial charge in [0.05, 0.1) is 35.9 Å². The highest BCUT2D eigenvalue weighted by molar-refractivity contribution is 14.1. The highest BCUT2D eigenvalue weighted by Crippen LogP contribution is 2.32. The SMILES string of the molecule is CC[C@H](C)Oc1c(I)cc(C=Nn2c(-c3cccc(C(F)(F)F)c3)nc3ccccc3c2=O)cc1I. The summed E-state index contributed by atoms with van der Waals surface area (Å²) in [6.45, 7) is 4.04. The molecule has 0 aliphatic carbocycles. The zero-order chi connectivity index (χ0) is 26.0. The monoisotopic (exact) mass is 717 g/mol. The quantitative estimate of drug-likeness (QED) is 0.155. The first-order valence-corrected chi connectivity index (χ1v) is 13.1. The van der Waals surface area contributed by atoms with Gasteiger partial charge in [0, 0.05) is 5.56 Å². The number of nitrogens with zero attached hydrogens (tertiary/aromatic N) is 3. The number of fused-ring (bicyclic) bond motifs is 1. The van der Waals surface area contributed by atoms with Gasteiger partial charge in [-0.1, -0.05) is 31.2 Å². The molecule has 1 aromatic heterocycles. The minimum atomic E-state index is -4.53. The summed E-state index contributed by atoms with van der Waals surface area (Å²) in [4.78, 5) is 17.8. The highest BCUT2D eigenvalue weighted by atomic mass is 127. The van der Waals surface area contributed by atoms with E-state index in [0.29, 0.717) is 16.5 Å². The van der Waals surface area contributed by atoms with Crippen LogP contribution < -0.4 is 10.3 Å². The molecule has 186 valence electrons. The Morgan fingerprint density at radius 1 is 1.08 bits per heavy atom. The maximum Gasteiger partial charge on any atom is 0.416 e. The molecule has 4 aromatic rings. The molecular formula is C26H20F3I2N3O2. The van der Waals surface area contributed by atoms with E-state index in [1.807, 2.05) is 26.0 Å². The van der Waals surface area contributed by atoms with Crippen molar-refractivity contribution in [2.45, 2.75) is 32.5 Å². The Balaban J connectivity index is 1.85.